The van der Waals surface area contributed by atoms with E-state index in [1.54, 1.807) is 0 Å². The van der Waals surface area contributed by atoms with Crippen LogP contribution in [0.25, 0.3) is 0 Å². The molecule has 0 saturated heterocycles. The Balaban J connectivity index is 2.69. The van der Waals surface area contributed by atoms with Crippen LogP contribution in [0.4, 0.5) is 0 Å². The second-order valence-electron chi connectivity index (χ2n) is 2.94. The average Bonchev–Trinajstić information content (AvgIpc) is 2.03. The maximum absolute atomic E-state index is 9.63. The third-order valence-corrected chi connectivity index (χ3v) is 2.79. The quantitative estimate of drug-likeness (QED) is 0.241. The summed E-state index contributed by atoms with van der Waals surface area (Å²) in [7, 11) is -0.673. The van der Waals surface area contributed by atoms with Gasteiger partial charge in [-0.1, -0.05) is 50.7 Å². The zero-order valence-corrected chi connectivity index (χ0v) is 8.89. The van der Waals surface area contributed by atoms with Gasteiger partial charge in [-0.05, 0) is 6.04 Å². The Labute approximate surface area is 71.8 Å². The summed E-state index contributed by atoms with van der Waals surface area (Å²) in [6.07, 6.45) is 7.85. The molecule has 0 unspecified atom stereocenters. The van der Waals surface area contributed by atoms with Gasteiger partial charge in [-0.15, -0.1) is 0 Å². The molecule has 1 radical (unpaired) electrons. The molecule has 0 aromatic heterocycles. The molecule has 0 aromatic rings. The van der Waals surface area contributed by atoms with Gasteiger partial charge in [0.1, 0.15) is 0 Å². The van der Waals surface area contributed by atoms with Gasteiger partial charge in [0.15, 0.2) is 0 Å². The standard InChI is InChI=1S/C8H19O2Si/c1-2-3-4-5-6-7-8-11-10-9/h2-8,11H2,1H3. The van der Waals surface area contributed by atoms with Crippen molar-refractivity contribution in [2.75, 3.05) is 0 Å². The van der Waals surface area contributed by atoms with Gasteiger partial charge in [-0.25, -0.2) is 0 Å². The van der Waals surface area contributed by atoms with Crippen LogP contribution in [-0.2, 0) is 9.83 Å². The summed E-state index contributed by atoms with van der Waals surface area (Å²) in [6.45, 7) is 2.22. The summed E-state index contributed by atoms with van der Waals surface area (Å²) >= 11 is 0. The fourth-order valence-corrected chi connectivity index (χ4v) is 1.79. The molecule has 0 N–H and O–H groups in total. The highest BCUT2D eigenvalue weighted by molar-refractivity contribution is 6.26. The molecule has 0 aliphatic rings. The molecule has 0 aliphatic carbocycles. The second-order valence-corrected chi connectivity index (χ2v) is 4.29. The normalized spacial score (nSPS) is 11.5. The molecule has 0 spiro atoms. The Bertz CT molecular complexity index is 61.1. The van der Waals surface area contributed by atoms with Crippen LogP contribution >= 0.6 is 0 Å². The molecule has 2 nitrogen and oxygen atoms in total. The molecule has 0 aromatic carbocycles. The maximum Gasteiger partial charge on any atom is 0.213 e. The van der Waals surface area contributed by atoms with Crippen molar-refractivity contribution in [1.29, 1.82) is 0 Å². The molecule has 67 valence electrons. The van der Waals surface area contributed by atoms with E-state index in [4.69, 9.17) is 0 Å². The summed E-state index contributed by atoms with van der Waals surface area (Å²) in [4.78, 5) is 0. The predicted octanol–water partition coefficient (Wildman–Crippen LogP) is 2.21. The first-order chi connectivity index (χ1) is 5.41. The minimum atomic E-state index is -0.673. The van der Waals surface area contributed by atoms with Gasteiger partial charge in [0, 0.05) is 0 Å². The summed E-state index contributed by atoms with van der Waals surface area (Å²) in [6, 6.07) is 1.07. The van der Waals surface area contributed by atoms with Crippen molar-refractivity contribution in [3.63, 3.8) is 0 Å². The minimum Gasteiger partial charge on any atom is -0.263 e. The van der Waals surface area contributed by atoms with Crippen LogP contribution in [0, 0.1) is 0 Å². The van der Waals surface area contributed by atoms with Gasteiger partial charge in [-0.3, -0.25) is 4.58 Å². The Morgan fingerprint density at radius 1 is 1.09 bits per heavy atom. The highest BCUT2D eigenvalue weighted by Crippen LogP contribution is 2.06. The van der Waals surface area contributed by atoms with E-state index in [1.165, 1.54) is 38.5 Å². The molecule has 0 bridgehead atoms. The highest BCUT2D eigenvalue weighted by Gasteiger charge is 1.91. The first-order valence-corrected chi connectivity index (χ1v) is 6.24. The van der Waals surface area contributed by atoms with Crippen molar-refractivity contribution < 1.29 is 9.83 Å². The van der Waals surface area contributed by atoms with E-state index in [9.17, 15) is 5.26 Å². The van der Waals surface area contributed by atoms with Crippen molar-refractivity contribution in [1.82, 2.24) is 0 Å². The molecule has 3 heteroatoms. The Hall–Kier alpha value is 0.137. The molecule has 0 heterocycles. The smallest absolute Gasteiger partial charge is 0.213 e. The Kier molecular flexibility index (Phi) is 10.3. The number of unbranched alkanes of at least 4 members (excludes halogenated alkanes) is 5. The van der Waals surface area contributed by atoms with E-state index in [0.717, 1.165) is 6.04 Å². The average molecular weight is 175 g/mol. The molecule has 0 amide bonds. The van der Waals surface area contributed by atoms with Gasteiger partial charge in [0.2, 0.25) is 9.76 Å². The second kappa shape index (κ2) is 10.1. The van der Waals surface area contributed by atoms with Gasteiger partial charge in [-0.2, -0.15) is 0 Å². The first-order valence-electron chi connectivity index (χ1n) is 4.66. The van der Waals surface area contributed by atoms with Crippen LogP contribution in [0.15, 0.2) is 0 Å². The van der Waals surface area contributed by atoms with Crippen molar-refractivity contribution in [2.24, 2.45) is 0 Å². The lowest BCUT2D eigenvalue weighted by Gasteiger charge is -1.97. The van der Waals surface area contributed by atoms with E-state index >= 15 is 0 Å². The van der Waals surface area contributed by atoms with E-state index in [1.807, 2.05) is 0 Å². The van der Waals surface area contributed by atoms with Gasteiger partial charge < -0.3 is 0 Å². The Morgan fingerprint density at radius 3 is 2.36 bits per heavy atom. The summed E-state index contributed by atoms with van der Waals surface area (Å²) in [5, 5.41) is 9.63. The van der Waals surface area contributed by atoms with E-state index < -0.39 is 9.76 Å². The predicted molar refractivity (Wildman–Crippen MR) is 48.5 cm³/mol. The number of rotatable bonds is 8. The molecular weight excluding hydrogens is 156 g/mol. The molecule has 0 rings (SSSR count). The molecule has 0 atom stereocenters. The summed E-state index contributed by atoms with van der Waals surface area (Å²) < 4.78 is 3.86. The van der Waals surface area contributed by atoms with E-state index in [0.29, 0.717) is 0 Å². The van der Waals surface area contributed by atoms with Gasteiger partial charge in [0.05, 0.1) is 0 Å². The van der Waals surface area contributed by atoms with Crippen LogP contribution in [0.1, 0.15) is 45.4 Å². The topological polar surface area (TPSA) is 29.1 Å². The Morgan fingerprint density at radius 2 is 1.73 bits per heavy atom. The molecule has 0 aliphatic heterocycles. The monoisotopic (exact) mass is 175 g/mol. The van der Waals surface area contributed by atoms with Gasteiger partial charge in [0.25, 0.3) is 0 Å². The lowest BCUT2D eigenvalue weighted by atomic mass is 10.1. The molecular formula is C8H19O2Si. The minimum absolute atomic E-state index is 0.673. The molecule has 11 heavy (non-hydrogen) atoms. The van der Waals surface area contributed by atoms with Crippen molar-refractivity contribution in [3.8, 4) is 0 Å². The van der Waals surface area contributed by atoms with Gasteiger partial charge >= 0.3 is 0 Å². The van der Waals surface area contributed by atoms with Crippen LogP contribution in [0.2, 0.25) is 6.04 Å². The lowest BCUT2D eigenvalue weighted by Crippen LogP contribution is -1.91. The highest BCUT2D eigenvalue weighted by atomic mass is 28.2. The summed E-state index contributed by atoms with van der Waals surface area (Å²) in [5.74, 6) is 0. The van der Waals surface area contributed by atoms with Crippen LogP contribution < -0.4 is 0 Å². The molecule has 0 saturated carbocycles. The van der Waals surface area contributed by atoms with Crippen molar-refractivity contribution in [2.45, 2.75) is 51.5 Å². The fraction of sp³-hybridized carbons (Fsp3) is 1.00. The largest absolute Gasteiger partial charge is 0.263 e. The first kappa shape index (κ1) is 11.1. The van der Waals surface area contributed by atoms with Crippen molar-refractivity contribution >= 4 is 9.76 Å². The number of hydrogen-bond donors (Lipinski definition) is 0. The van der Waals surface area contributed by atoms with Crippen LogP contribution in [0.3, 0.4) is 0 Å². The number of hydrogen-bond acceptors (Lipinski definition) is 1. The third kappa shape index (κ3) is 10.1. The fourth-order valence-electron chi connectivity index (χ4n) is 1.12. The summed E-state index contributed by atoms with van der Waals surface area (Å²) in [5.41, 5.74) is 0. The maximum atomic E-state index is 9.63. The molecule has 0 fully saturated rings. The zero-order chi connectivity index (χ0) is 8.36. The van der Waals surface area contributed by atoms with Crippen LogP contribution in [-0.4, -0.2) is 9.76 Å². The van der Waals surface area contributed by atoms with Crippen molar-refractivity contribution in [3.05, 3.63) is 0 Å². The SMILES string of the molecule is CCCCCCCC[SiH2]O[O]. The lowest BCUT2D eigenvalue weighted by molar-refractivity contribution is -0.210. The van der Waals surface area contributed by atoms with E-state index in [-0.39, 0.29) is 0 Å². The third-order valence-electron chi connectivity index (χ3n) is 1.83. The van der Waals surface area contributed by atoms with E-state index in [2.05, 4.69) is 11.5 Å². The zero-order valence-electron chi connectivity index (χ0n) is 7.47. The van der Waals surface area contributed by atoms with Crippen LogP contribution in [0.5, 0.6) is 0 Å².